The molecule has 1 aliphatic heterocycles. The first-order chi connectivity index (χ1) is 22.5. The Bertz CT molecular complexity index is 1540. The Labute approximate surface area is 274 Å². The fraction of sp³-hybridized carbons (Fsp3) is 0.417. The molecule has 0 unspecified atom stereocenters. The van der Waals surface area contributed by atoms with Crippen LogP contribution in [0.3, 0.4) is 0 Å². The van der Waals surface area contributed by atoms with Crippen molar-refractivity contribution in [3.8, 4) is 5.75 Å². The Balaban J connectivity index is 1.60. The van der Waals surface area contributed by atoms with Gasteiger partial charge in [-0.2, -0.15) is 0 Å². The van der Waals surface area contributed by atoms with Crippen LogP contribution in [0, 0.1) is 18.6 Å². The molecule has 1 aliphatic rings. The maximum Gasteiger partial charge on any atom is 0.253 e. The number of piperazine rings is 1. The van der Waals surface area contributed by atoms with Crippen molar-refractivity contribution >= 4 is 17.7 Å². The number of benzene rings is 3. The second-order valence-electron chi connectivity index (χ2n) is 12.0. The van der Waals surface area contributed by atoms with Gasteiger partial charge in [0.05, 0.1) is 19.3 Å². The molecule has 3 aromatic carbocycles. The first-order valence-corrected chi connectivity index (χ1v) is 16.0. The van der Waals surface area contributed by atoms with E-state index in [0.29, 0.717) is 43.1 Å². The molecule has 0 bridgehead atoms. The van der Waals surface area contributed by atoms with E-state index in [1.54, 1.807) is 42.0 Å². The summed E-state index contributed by atoms with van der Waals surface area (Å²) < 4.78 is 33.6. The lowest BCUT2D eigenvalue weighted by Crippen LogP contribution is -2.63. The predicted octanol–water partition coefficient (Wildman–Crippen LogP) is 4.25. The van der Waals surface area contributed by atoms with E-state index in [4.69, 9.17) is 4.74 Å². The van der Waals surface area contributed by atoms with Crippen LogP contribution in [0.25, 0.3) is 0 Å². The van der Waals surface area contributed by atoms with Crippen LogP contribution < -0.4 is 15.4 Å². The molecule has 1 fully saturated rings. The van der Waals surface area contributed by atoms with Crippen molar-refractivity contribution in [1.29, 1.82) is 0 Å². The van der Waals surface area contributed by atoms with Gasteiger partial charge in [-0.3, -0.25) is 14.4 Å². The minimum absolute atomic E-state index is 0.165. The van der Waals surface area contributed by atoms with Gasteiger partial charge in [-0.05, 0) is 85.3 Å². The van der Waals surface area contributed by atoms with E-state index in [1.807, 2.05) is 32.0 Å². The Morgan fingerprint density at radius 2 is 1.70 bits per heavy atom. The number of carbonyl (C=O) groups excluding carboxylic acids is 3. The number of nitrogens with one attached hydrogen (secondary N) is 2. The fourth-order valence-electron chi connectivity index (χ4n) is 5.96. The average Bonchev–Trinajstić information content (AvgIpc) is 3.04. The van der Waals surface area contributed by atoms with E-state index < -0.39 is 35.7 Å². The molecule has 4 rings (SSSR count). The number of ether oxygens (including phenoxy) is 1. The van der Waals surface area contributed by atoms with Crippen molar-refractivity contribution in [2.45, 2.75) is 64.8 Å². The normalized spacial score (nSPS) is 16.0. The summed E-state index contributed by atoms with van der Waals surface area (Å²) in [5.74, 6) is -2.13. The van der Waals surface area contributed by atoms with Crippen LogP contribution in [0.2, 0.25) is 0 Å². The SMILES string of the molecule is CCCN(CCC)C(=O)c1cc(C)cc(C(=O)N[C@@H](Cc2cc(F)cc(F)c2)[C@H](O)[C@@H]2NCCN(Cc3cccc(OC)c3)C2=O)c1. The van der Waals surface area contributed by atoms with Gasteiger partial charge in [0.15, 0.2) is 0 Å². The molecule has 1 saturated heterocycles. The zero-order valence-corrected chi connectivity index (χ0v) is 27.4. The summed E-state index contributed by atoms with van der Waals surface area (Å²) in [7, 11) is 1.56. The summed E-state index contributed by atoms with van der Waals surface area (Å²) in [6.45, 7) is 7.97. The number of aliphatic hydroxyl groups excluding tert-OH is 1. The number of halogens is 2. The third-order valence-electron chi connectivity index (χ3n) is 8.14. The van der Waals surface area contributed by atoms with Gasteiger partial charge in [0.2, 0.25) is 5.91 Å². The Hall–Kier alpha value is -4.35. The Kier molecular flexibility index (Phi) is 12.4. The summed E-state index contributed by atoms with van der Waals surface area (Å²) in [5.41, 5.74) is 2.27. The molecule has 0 saturated carbocycles. The van der Waals surface area contributed by atoms with Gasteiger partial charge in [0, 0.05) is 49.9 Å². The van der Waals surface area contributed by atoms with Gasteiger partial charge in [-0.1, -0.05) is 26.0 Å². The molecule has 252 valence electrons. The highest BCUT2D eigenvalue weighted by Gasteiger charge is 2.38. The van der Waals surface area contributed by atoms with E-state index in [2.05, 4.69) is 10.6 Å². The molecule has 11 heteroatoms. The lowest BCUT2D eigenvalue weighted by molar-refractivity contribution is -0.140. The number of nitrogens with zero attached hydrogens (tertiary/aromatic N) is 2. The molecule has 3 N–H and O–H groups in total. The molecule has 3 amide bonds. The van der Waals surface area contributed by atoms with Crippen LogP contribution in [0.1, 0.15) is 64.1 Å². The number of hydrogen-bond donors (Lipinski definition) is 3. The lowest BCUT2D eigenvalue weighted by atomic mass is 9.93. The predicted molar refractivity (Wildman–Crippen MR) is 175 cm³/mol. The standard InChI is InChI=1S/C36H44F2N4O5/c1-5-11-41(12-6-2)35(45)27-15-23(3)14-26(20-27)34(44)40-31(19-25-16-28(37)21-29(38)17-25)33(43)32-36(46)42(13-10-39-32)22-24-8-7-9-30(18-24)47-4/h7-9,14-18,20-21,31-33,39,43H,5-6,10-13,19,22H2,1-4H3,(H,40,44)/t31-,32-,33-/m0/s1. The monoisotopic (exact) mass is 650 g/mol. The molecule has 1 heterocycles. The van der Waals surface area contributed by atoms with Crippen LogP contribution in [-0.2, 0) is 17.8 Å². The van der Waals surface area contributed by atoms with E-state index >= 15 is 0 Å². The zero-order chi connectivity index (χ0) is 34.1. The van der Waals surface area contributed by atoms with Crippen molar-refractivity contribution in [2.24, 2.45) is 0 Å². The summed E-state index contributed by atoms with van der Waals surface area (Å²) in [5, 5.41) is 17.5. The smallest absolute Gasteiger partial charge is 0.253 e. The maximum atomic E-state index is 14.2. The second kappa shape index (κ2) is 16.5. The minimum atomic E-state index is -1.47. The van der Waals surface area contributed by atoms with E-state index in [0.717, 1.165) is 36.6 Å². The molecule has 9 nitrogen and oxygen atoms in total. The zero-order valence-electron chi connectivity index (χ0n) is 27.4. The van der Waals surface area contributed by atoms with Crippen molar-refractivity contribution in [1.82, 2.24) is 20.4 Å². The first-order valence-electron chi connectivity index (χ1n) is 16.0. The number of amides is 3. The van der Waals surface area contributed by atoms with Gasteiger partial charge in [0.1, 0.15) is 23.4 Å². The number of rotatable bonds is 14. The number of aryl methyl sites for hydroxylation is 1. The molecule has 0 aromatic heterocycles. The van der Waals surface area contributed by atoms with Crippen LogP contribution in [0.5, 0.6) is 5.75 Å². The molecule has 3 aromatic rings. The molecule has 47 heavy (non-hydrogen) atoms. The number of hydrogen-bond acceptors (Lipinski definition) is 6. The Morgan fingerprint density at radius 1 is 1.02 bits per heavy atom. The highest BCUT2D eigenvalue weighted by atomic mass is 19.1. The second-order valence-corrected chi connectivity index (χ2v) is 12.0. The minimum Gasteiger partial charge on any atom is -0.497 e. The molecule has 0 aliphatic carbocycles. The number of methoxy groups -OCH3 is 1. The molecule has 0 radical (unpaired) electrons. The molecule has 0 spiro atoms. The van der Waals surface area contributed by atoms with Crippen LogP contribution in [-0.4, -0.2) is 84.1 Å². The lowest BCUT2D eigenvalue weighted by Gasteiger charge is -2.38. The van der Waals surface area contributed by atoms with E-state index in [9.17, 15) is 28.3 Å². The van der Waals surface area contributed by atoms with Gasteiger partial charge in [0.25, 0.3) is 11.8 Å². The largest absolute Gasteiger partial charge is 0.497 e. The third-order valence-corrected chi connectivity index (χ3v) is 8.14. The highest BCUT2D eigenvalue weighted by Crippen LogP contribution is 2.20. The van der Waals surface area contributed by atoms with Crippen molar-refractivity contribution in [3.05, 3.63) is 100 Å². The van der Waals surface area contributed by atoms with E-state index in [-0.39, 0.29) is 35.9 Å². The number of carbonyl (C=O) groups is 3. The van der Waals surface area contributed by atoms with Gasteiger partial charge >= 0.3 is 0 Å². The summed E-state index contributed by atoms with van der Waals surface area (Å²) in [6.07, 6.45) is -0.0608. The van der Waals surface area contributed by atoms with Crippen LogP contribution >= 0.6 is 0 Å². The first kappa shape index (κ1) is 35.5. The van der Waals surface area contributed by atoms with E-state index in [1.165, 1.54) is 6.07 Å². The van der Waals surface area contributed by atoms with Crippen molar-refractivity contribution in [2.75, 3.05) is 33.3 Å². The Morgan fingerprint density at radius 3 is 2.36 bits per heavy atom. The summed E-state index contributed by atoms with van der Waals surface area (Å²) >= 11 is 0. The van der Waals surface area contributed by atoms with Gasteiger partial charge in [-0.15, -0.1) is 0 Å². The van der Waals surface area contributed by atoms with Crippen molar-refractivity contribution < 1.29 is 33.0 Å². The fourth-order valence-corrected chi connectivity index (χ4v) is 5.96. The highest BCUT2D eigenvalue weighted by molar-refractivity contribution is 6.00. The maximum absolute atomic E-state index is 14.2. The summed E-state index contributed by atoms with van der Waals surface area (Å²) in [6, 6.07) is 12.9. The third kappa shape index (κ3) is 9.36. The number of aliphatic hydroxyl groups is 1. The molecular formula is C36H44F2N4O5. The summed E-state index contributed by atoms with van der Waals surface area (Å²) in [4.78, 5) is 44.1. The molecule has 3 atom stereocenters. The topological polar surface area (TPSA) is 111 Å². The van der Waals surface area contributed by atoms with Gasteiger partial charge < -0.3 is 30.3 Å². The van der Waals surface area contributed by atoms with Crippen LogP contribution in [0.15, 0.2) is 60.7 Å². The molecular weight excluding hydrogens is 606 g/mol. The quantitative estimate of drug-likeness (QED) is 0.241. The van der Waals surface area contributed by atoms with Gasteiger partial charge in [-0.25, -0.2) is 8.78 Å². The average molecular weight is 651 g/mol. The van der Waals surface area contributed by atoms with Crippen LogP contribution in [0.4, 0.5) is 8.78 Å². The van der Waals surface area contributed by atoms with Crippen molar-refractivity contribution in [3.63, 3.8) is 0 Å².